The van der Waals surface area contributed by atoms with Gasteiger partial charge in [-0.15, -0.1) is 0 Å². The van der Waals surface area contributed by atoms with Gasteiger partial charge in [-0.25, -0.2) is 15.0 Å². The van der Waals surface area contributed by atoms with E-state index in [1.165, 1.54) is 28.3 Å². The van der Waals surface area contributed by atoms with Crippen molar-refractivity contribution in [3.8, 4) is 0 Å². The Balaban J connectivity index is 0.000000243. The Labute approximate surface area is 275 Å². The predicted molar refractivity (Wildman–Crippen MR) is 192 cm³/mol. The Morgan fingerprint density at radius 3 is 1.71 bits per heavy atom. The molecule has 6 nitrogen and oxygen atoms in total. The van der Waals surface area contributed by atoms with Crippen LogP contribution in [0.5, 0.6) is 0 Å². The number of hydrogen-bond donors (Lipinski definition) is 0. The van der Waals surface area contributed by atoms with E-state index >= 15 is 0 Å². The molecule has 1 aliphatic heterocycles. The van der Waals surface area contributed by atoms with Gasteiger partial charge in [0, 0.05) is 24.6 Å². The minimum absolute atomic E-state index is 0.221. The lowest BCUT2D eigenvalue weighted by Gasteiger charge is -2.28. The van der Waals surface area contributed by atoms with E-state index in [-0.39, 0.29) is 5.92 Å². The number of carbonyl (C=O) groups is 1. The average molecular weight is 620 g/mol. The number of ketones is 1. The fourth-order valence-corrected chi connectivity index (χ4v) is 5.81. The molecule has 6 heteroatoms. The van der Waals surface area contributed by atoms with Gasteiger partial charge in [0.25, 0.3) is 0 Å². The van der Waals surface area contributed by atoms with Crippen molar-refractivity contribution in [2.45, 2.75) is 115 Å². The number of imidazole rings is 1. The van der Waals surface area contributed by atoms with Gasteiger partial charge in [-0.2, -0.15) is 0 Å². The summed E-state index contributed by atoms with van der Waals surface area (Å²) >= 11 is 0. The molecule has 0 unspecified atom stereocenters. The third-order valence-electron chi connectivity index (χ3n) is 8.22. The third-order valence-corrected chi connectivity index (χ3v) is 8.22. The molecule has 1 aromatic carbocycles. The zero-order valence-electron chi connectivity index (χ0n) is 31.1. The van der Waals surface area contributed by atoms with Crippen LogP contribution in [0.3, 0.4) is 0 Å². The lowest BCUT2D eigenvalue weighted by molar-refractivity contribution is -0.127. The van der Waals surface area contributed by atoms with Crippen LogP contribution in [0.4, 0.5) is 0 Å². The third kappa shape index (κ3) is 13.3. The summed E-state index contributed by atoms with van der Waals surface area (Å²) in [7, 11) is 4.21. The molecule has 3 aromatic rings. The van der Waals surface area contributed by atoms with Gasteiger partial charge in [0.15, 0.2) is 0 Å². The smallest absolute Gasteiger partial charge is 0.138 e. The number of rotatable bonds is 10. The average Bonchev–Trinajstić information content (AvgIpc) is 3.26. The molecule has 0 amide bonds. The Hall–Kier alpha value is -2.60. The normalized spacial score (nSPS) is 14.4. The van der Waals surface area contributed by atoms with Crippen molar-refractivity contribution in [2.75, 3.05) is 20.1 Å². The van der Waals surface area contributed by atoms with Crippen molar-refractivity contribution in [1.82, 2.24) is 24.4 Å². The molecule has 2 aromatic heterocycles. The molecule has 0 N–H and O–H groups in total. The number of hydrogen-bond acceptors (Lipinski definition) is 5. The van der Waals surface area contributed by atoms with Gasteiger partial charge >= 0.3 is 0 Å². The Morgan fingerprint density at radius 1 is 0.733 bits per heavy atom. The summed E-state index contributed by atoms with van der Waals surface area (Å²) in [4.78, 5) is 28.1. The molecule has 0 saturated carbocycles. The molecule has 1 aliphatic rings. The quantitative estimate of drug-likeness (QED) is 0.227. The molecule has 45 heavy (non-hydrogen) atoms. The van der Waals surface area contributed by atoms with Crippen molar-refractivity contribution in [2.24, 2.45) is 42.6 Å². The Kier molecular flexibility index (Phi) is 15.9. The minimum Gasteiger partial charge on any atom is -0.337 e. The lowest BCUT2D eigenvalue weighted by atomic mass is 9.87. The number of Topliss-reactive ketones (excluding diaryl/α,β-unsaturated/α-hetero) is 1. The summed E-state index contributed by atoms with van der Waals surface area (Å²) in [5.74, 6) is 3.65. The molecule has 1 fully saturated rings. The van der Waals surface area contributed by atoms with Gasteiger partial charge < -0.3 is 9.47 Å². The second kappa shape index (κ2) is 18.5. The van der Waals surface area contributed by atoms with Gasteiger partial charge in [0.05, 0.1) is 34.4 Å². The zero-order chi connectivity index (χ0) is 33.8. The van der Waals surface area contributed by atoms with Crippen LogP contribution in [0.2, 0.25) is 0 Å². The highest BCUT2D eigenvalue weighted by atomic mass is 16.1. The van der Waals surface area contributed by atoms with Crippen molar-refractivity contribution < 1.29 is 4.79 Å². The van der Waals surface area contributed by atoms with Gasteiger partial charge in [-0.1, -0.05) is 75.3 Å². The van der Waals surface area contributed by atoms with Crippen LogP contribution in [0.15, 0.2) is 24.5 Å². The van der Waals surface area contributed by atoms with Gasteiger partial charge in [0.1, 0.15) is 5.78 Å². The molecule has 0 aliphatic carbocycles. The topological polar surface area (TPSA) is 63.9 Å². The number of aromatic nitrogens is 4. The van der Waals surface area contributed by atoms with Crippen LogP contribution in [-0.4, -0.2) is 50.3 Å². The molecule has 0 atom stereocenters. The van der Waals surface area contributed by atoms with E-state index in [4.69, 9.17) is 9.97 Å². The number of piperidine rings is 1. The maximum absolute atomic E-state index is 11.6. The molecular weight excluding hydrogens is 554 g/mol. The first kappa shape index (κ1) is 38.6. The van der Waals surface area contributed by atoms with E-state index < -0.39 is 0 Å². The van der Waals surface area contributed by atoms with E-state index in [0.717, 1.165) is 62.6 Å². The molecule has 0 spiro atoms. The van der Waals surface area contributed by atoms with Crippen molar-refractivity contribution >= 4 is 16.8 Å². The summed E-state index contributed by atoms with van der Waals surface area (Å²) < 4.78 is 2.16. The Morgan fingerprint density at radius 2 is 1.22 bits per heavy atom. The second-order valence-corrected chi connectivity index (χ2v) is 15.4. The predicted octanol–water partition coefficient (Wildman–Crippen LogP) is 8.71. The lowest BCUT2D eigenvalue weighted by Crippen LogP contribution is -2.34. The standard InChI is InChI=1S/C17H24N2.C12H22N2.C10H19NO/c1-11(2)8-15-16(9-12(3)4)19-17-10-13(5)6-7-14(17)18-15;1-9(2)6-11-12(7-10(3)4)14(5)8-13-11;1-8(2)10(12)9-4-6-11(3)7-5-9/h6-7,10-12H,8-9H2,1-5H3;8-10H,6-7H2,1-5H3;8-9H,4-7H2,1-3H3. The number of fused-ring (bicyclic) bond motifs is 1. The van der Waals surface area contributed by atoms with Crippen LogP contribution >= 0.6 is 0 Å². The Bertz CT molecular complexity index is 1310. The highest BCUT2D eigenvalue weighted by Gasteiger charge is 2.24. The zero-order valence-corrected chi connectivity index (χ0v) is 31.1. The molecule has 0 radical (unpaired) electrons. The summed E-state index contributed by atoms with van der Waals surface area (Å²) in [6.07, 6.45) is 8.33. The molecule has 252 valence electrons. The van der Waals surface area contributed by atoms with E-state index in [9.17, 15) is 4.79 Å². The van der Waals surface area contributed by atoms with Gasteiger partial charge in [0.2, 0.25) is 0 Å². The maximum atomic E-state index is 11.6. The molecular formula is C39H65N5O. The van der Waals surface area contributed by atoms with Crippen LogP contribution < -0.4 is 0 Å². The molecule has 1 saturated heterocycles. The monoisotopic (exact) mass is 620 g/mol. The van der Waals surface area contributed by atoms with Gasteiger partial charge in [-0.3, -0.25) is 4.79 Å². The highest BCUT2D eigenvalue weighted by molar-refractivity contribution is 5.82. The number of carbonyl (C=O) groups excluding carboxylic acids is 1. The van der Waals surface area contributed by atoms with Crippen LogP contribution in [0, 0.1) is 42.4 Å². The first-order valence-electron chi connectivity index (χ1n) is 17.5. The van der Waals surface area contributed by atoms with E-state index in [0.29, 0.717) is 35.4 Å². The largest absolute Gasteiger partial charge is 0.337 e. The SMILES string of the molecule is CC(C)C(=O)C1CCN(C)CC1.CC(C)Cc1ncn(C)c1CC(C)C.Cc1ccc2nc(CC(C)C)c(CC(C)C)nc2c1. The van der Waals surface area contributed by atoms with E-state index in [2.05, 4.69) is 109 Å². The summed E-state index contributed by atoms with van der Waals surface area (Å²) in [6, 6.07) is 6.32. The van der Waals surface area contributed by atoms with E-state index in [1.54, 1.807) is 0 Å². The molecule has 0 bridgehead atoms. The molecule has 3 heterocycles. The fourth-order valence-electron chi connectivity index (χ4n) is 5.81. The minimum atomic E-state index is 0.221. The first-order chi connectivity index (χ1) is 21.1. The second-order valence-electron chi connectivity index (χ2n) is 15.4. The number of aryl methyl sites for hydroxylation is 2. The summed E-state index contributed by atoms with van der Waals surface area (Å²) in [5, 5.41) is 0. The fraction of sp³-hybridized carbons (Fsp3) is 0.692. The van der Waals surface area contributed by atoms with Crippen molar-refractivity contribution in [1.29, 1.82) is 0 Å². The highest BCUT2D eigenvalue weighted by Crippen LogP contribution is 2.21. The van der Waals surface area contributed by atoms with Crippen LogP contribution in [0.25, 0.3) is 11.0 Å². The first-order valence-corrected chi connectivity index (χ1v) is 17.5. The summed E-state index contributed by atoms with van der Waals surface area (Å²) in [6.45, 7) is 26.2. The number of likely N-dealkylation sites (tertiary alicyclic amines) is 1. The maximum Gasteiger partial charge on any atom is 0.138 e. The van der Waals surface area contributed by atoms with Crippen LogP contribution in [-0.2, 0) is 37.5 Å². The number of benzene rings is 1. The van der Waals surface area contributed by atoms with Crippen LogP contribution in [0.1, 0.15) is 110 Å². The molecule has 4 rings (SSSR count). The summed E-state index contributed by atoms with van der Waals surface area (Å²) in [5.41, 5.74) is 8.36. The van der Waals surface area contributed by atoms with Gasteiger partial charge in [-0.05, 0) is 107 Å². The van der Waals surface area contributed by atoms with Crippen molar-refractivity contribution in [3.63, 3.8) is 0 Å². The van der Waals surface area contributed by atoms with E-state index in [1.807, 2.05) is 20.2 Å². The van der Waals surface area contributed by atoms with Crippen molar-refractivity contribution in [3.05, 3.63) is 52.9 Å². The number of nitrogens with zero attached hydrogens (tertiary/aromatic N) is 5.